The van der Waals surface area contributed by atoms with Gasteiger partial charge in [0.2, 0.25) is 0 Å². The Bertz CT molecular complexity index is 929. The van der Waals surface area contributed by atoms with Crippen molar-refractivity contribution in [3.8, 4) is 22.3 Å². The Morgan fingerprint density at radius 2 is 1.45 bits per heavy atom. The monoisotopic (exact) mass is 283 g/mol. The molecular formula is C21H17N. The molecular weight excluding hydrogens is 266 g/mol. The highest BCUT2D eigenvalue weighted by atomic mass is 14.7. The zero-order chi connectivity index (χ0) is 14.9. The molecule has 1 N–H and O–H groups in total. The fourth-order valence-corrected chi connectivity index (χ4v) is 2.92. The van der Waals surface area contributed by atoms with Crippen LogP contribution in [0, 0.1) is 6.92 Å². The van der Waals surface area contributed by atoms with Gasteiger partial charge in [0, 0.05) is 22.7 Å². The maximum atomic E-state index is 3.35. The van der Waals surface area contributed by atoms with E-state index in [0.29, 0.717) is 0 Å². The molecule has 1 heteroatoms. The molecule has 0 aliphatic carbocycles. The molecule has 0 aliphatic heterocycles. The molecule has 0 fully saturated rings. The predicted octanol–water partition coefficient (Wildman–Crippen LogP) is 5.81. The second-order valence-corrected chi connectivity index (χ2v) is 5.69. The highest BCUT2D eigenvalue weighted by molar-refractivity contribution is 5.96. The van der Waals surface area contributed by atoms with Crippen LogP contribution < -0.4 is 0 Å². The van der Waals surface area contributed by atoms with Crippen LogP contribution in [0.1, 0.15) is 5.56 Å². The van der Waals surface area contributed by atoms with Crippen molar-refractivity contribution >= 4 is 10.9 Å². The first-order chi connectivity index (χ1) is 10.8. The van der Waals surface area contributed by atoms with Gasteiger partial charge in [0.05, 0.1) is 0 Å². The van der Waals surface area contributed by atoms with E-state index in [1.54, 1.807) is 0 Å². The second-order valence-electron chi connectivity index (χ2n) is 5.69. The number of nitrogens with one attached hydrogen (secondary N) is 1. The van der Waals surface area contributed by atoms with Crippen molar-refractivity contribution in [2.24, 2.45) is 0 Å². The smallest absolute Gasteiger partial charge is 0.0460 e. The molecule has 0 atom stereocenters. The number of rotatable bonds is 2. The average molecular weight is 283 g/mol. The normalized spacial score (nSPS) is 11.0. The molecule has 0 saturated carbocycles. The van der Waals surface area contributed by atoms with E-state index in [0.717, 1.165) is 0 Å². The number of aryl methyl sites for hydroxylation is 1. The lowest BCUT2D eigenvalue weighted by molar-refractivity contribution is 1.46. The van der Waals surface area contributed by atoms with Crippen LogP contribution in [0.15, 0.2) is 79.0 Å². The lowest BCUT2D eigenvalue weighted by atomic mass is 9.98. The number of aromatic amines is 1. The second kappa shape index (κ2) is 5.19. The molecule has 1 heterocycles. The van der Waals surface area contributed by atoms with E-state index < -0.39 is 0 Å². The number of fused-ring (bicyclic) bond motifs is 1. The number of benzene rings is 3. The zero-order valence-corrected chi connectivity index (χ0v) is 12.5. The maximum Gasteiger partial charge on any atom is 0.0460 e. The average Bonchev–Trinajstić information content (AvgIpc) is 3.00. The Balaban J connectivity index is 1.83. The first kappa shape index (κ1) is 12.9. The fraction of sp³-hybridized carbons (Fsp3) is 0.0476. The molecule has 0 unspecified atom stereocenters. The van der Waals surface area contributed by atoms with Crippen LogP contribution >= 0.6 is 0 Å². The van der Waals surface area contributed by atoms with Crippen molar-refractivity contribution in [2.75, 3.05) is 0 Å². The van der Waals surface area contributed by atoms with E-state index >= 15 is 0 Å². The van der Waals surface area contributed by atoms with Crippen LogP contribution in [0.5, 0.6) is 0 Å². The van der Waals surface area contributed by atoms with Gasteiger partial charge in [-0.3, -0.25) is 0 Å². The van der Waals surface area contributed by atoms with Crippen molar-refractivity contribution in [3.05, 3.63) is 84.6 Å². The van der Waals surface area contributed by atoms with E-state index in [1.165, 1.54) is 38.7 Å². The first-order valence-corrected chi connectivity index (χ1v) is 7.55. The molecule has 0 radical (unpaired) electrons. The Hall–Kier alpha value is -2.80. The molecule has 22 heavy (non-hydrogen) atoms. The molecule has 3 aromatic carbocycles. The molecule has 0 spiro atoms. The minimum atomic E-state index is 1.18. The van der Waals surface area contributed by atoms with Crippen molar-refractivity contribution in [2.45, 2.75) is 6.92 Å². The summed E-state index contributed by atoms with van der Waals surface area (Å²) in [7, 11) is 0. The van der Waals surface area contributed by atoms with Crippen molar-refractivity contribution in [1.29, 1.82) is 0 Å². The molecule has 0 aliphatic rings. The highest BCUT2D eigenvalue weighted by Crippen LogP contribution is 2.31. The third kappa shape index (κ3) is 2.21. The summed E-state index contributed by atoms with van der Waals surface area (Å²) in [6, 6.07) is 25.9. The Labute approximate surface area is 130 Å². The number of para-hydroxylation sites is 1. The van der Waals surface area contributed by atoms with Gasteiger partial charge in [-0.2, -0.15) is 0 Å². The topological polar surface area (TPSA) is 15.8 Å². The molecule has 4 aromatic rings. The minimum Gasteiger partial charge on any atom is -0.361 e. The highest BCUT2D eigenvalue weighted by Gasteiger charge is 2.06. The largest absolute Gasteiger partial charge is 0.361 e. The van der Waals surface area contributed by atoms with Gasteiger partial charge in [0.1, 0.15) is 0 Å². The molecule has 1 aromatic heterocycles. The van der Waals surface area contributed by atoms with Crippen molar-refractivity contribution in [3.63, 3.8) is 0 Å². The van der Waals surface area contributed by atoms with Crippen molar-refractivity contribution in [1.82, 2.24) is 4.98 Å². The van der Waals surface area contributed by atoms with E-state index in [9.17, 15) is 0 Å². The van der Waals surface area contributed by atoms with Crippen LogP contribution in [0.2, 0.25) is 0 Å². The van der Waals surface area contributed by atoms with Gasteiger partial charge >= 0.3 is 0 Å². The van der Waals surface area contributed by atoms with Gasteiger partial charge in [-0.05, 0) is 35.7 Å². The van der Waals surface area contributed by atoms with E-state index in [1.807, 2.05) is 0 Å². The first-order valence-electron chi connectivity index (χ1n) is 7.55. The summed E-state index contributed by atoms with van der Waals surface area (Å²) in [5.41, 5.74) is 7.48. The molecule has 4 rings (SSSR count). The van der Waals surface area contributed by atoms with Gasteiger partial charge in [0.25, 0.3) is 0 Å². The minimum absolute atomic E-state index is 1.18. The Kier molecular flexibility index (Phi) is 3.05. The number of H-pyrrole nitrogens is 1. The maximum absolute atomic E-state index is 3.35. The summed E-state index contributed by atoms with van der Waals surface area (Å²) < 4.78 is 0. The Morgan fingerprint density at radius 1 is 0.682 bits per heavy atom. The lowest BCUT2D eigenvalue weighted by Gasteiger charge is -2.06. The van der Waals surface area contributed by atoms with Crippen LogP contribution in [0.25, 0.3) is 33.2 Å². The summed E-state index contributed by atoms with van der Waals surface area (Å²) >= 11 is 0. The molecule has 106 valence electrons. The summed E-state index contributed by atoms with van der Waals surface area (Å²) in [6.07, 6.45) is 2.10. The number of hydrogen-bond donors (Lipinski definition) is 1. The van der Waals surface area contributed by atoms with Crippen LogP contribution in [0.3, 0.4) is 0 Å². The molecule has 1 nitrogen and oxygen atoms in total. The van der Waals surface area contributed by atoms with Gasteiger partial charge < -0.3 is 4.98 Å². The third-order valence-corrected chi connectivity index (χ3v) is 4.15. The van der Waals surface area contributed by atoms with Crippen molar-refractivity contribution < 1.29 is 0 Å². The van der Waals surface area contributed by atoms with Gasteiger partial charge in [0.15, 0.2) is 0 Å². The Morgan fingerprint density at radius 3 is 2.32 bits per heavy atom. The molecule has 0 saturated heterocycles. The summed E-state index contributed by atoms with van der Waals surface area (Å²) in [6.45, 7) is 2.12. The van der Waals surface area contributed by atoms with E-state index in [2.05, 4.69) is 90.9 Å². The molecule has 0 amide bonds. The SMILES string of the molecule is Cc1ccc(-c2cccc(-c3c[nH]c4ccccc34)c2)cc1. The van der Waals surface area contributed by atoms with Gasteiger partial charge in [-0.25, -0.2) is 0 Å². The molecule has 0 bridgehead atoms. The van der Waals surface area contributed by atoms with Crippen LogP contribution in [0.4, 0.5) is 0 Å². The number of aromatic nitrogens is 1. The summed E-state index contributed by atoms with van der Waals surface area (Å²) in [5, 5.41) is 1.27. The fourth-order valence-electron chi connectivity index (χ4n) is 2.92. The van der Waals surface area contributed by atoms with E-state index in [4.69, 9.17) is 0 Å². The number of hydrogen-bond acceptors (Lipinski definition) is 0. The predicted molar refractivity (Wildman–Crippen MR) is 93.9 cm³/mol. The van der Waals surface area contributed by atoms with Gasteiger partial charge in [-0.15, -0.1) is 0 Å². The van der Waals surface area contributed by atoms with E-state index in [-0.39, 0.29) is 0 Å². The summed E-state index contributed by atoms with van der Waals surface area (Å²) in [4.78, 5) is 3.35. The van der Waals surface area contributed by atoms with Gasteiger partial charge in [-0.1, -0.05) is 66.2 Å². The quantitative estimate of drug-likeness (QED) is 0.478. The third-order valence-electron chi connectivity index (χ3n) is 4.15. The van der Waals surface area contributed by atoms with Crippen LogP contribution in [-0.2, 0) is 0 Å². The van der Waals surface area contributed by atoms with Crippen LogP contribution in [-0.4, -0.2) is 4.98 Å². The standard InChI is InChI=1S/C21H17N/c1-15-9-11-16(12-10-15)17-5-4-6-18(13-17)20-14-22-21-8-3-2-7-19(20)21/h2-14,22H,1H3. The lowest BCUT2D eigenvalue weighted by Crippen LogP contribution is -1.81. The summed E-state index contributed by atoms with van der Waals surface area (Å²) in [5.74, 6) is 0. The zero-order valence-electron chi connectivity index (χ0n) is 12.5.